The molecule has 0 heterocycles. The van der Waals surface area contributed by atoms with Crippen LogP contribution in [0, 0.1) is 29.1 Å². The molecule has 5 atom stereocenters. The van der Waals surface area contributed by atoms with E-state index in [9.17, 15) is 0 Å². The molecular formula is C30H40O. The summed E-state index contributed by atoms with van der Waals surface area (Å²) in [5, 5.41) is 0. The molecule has 0 spiro atoms. The fraction of sp³-hybridized carbons (Fsp3) is 0.600. The summed E-state index contributed by atoms with van der Waals surface area (Å²) in [7, 11) is 0. The summed E-state index contributed by atoms with van der Waals surface area (Å²) < 4.78 is 6.34. The van der Waals surface area contributed by atoms with Crippen molar-refractivity contribution in [2.75, 3.05) is 0 Å². The lowest BCUT2D eigenvalue weighted by atomic mass is 9.53. The Kier molecular flexibility index (Phi) is 5.65. The molecule has 166 valence electrons. The molecule has 5 rings (SSSR count). The summed E-state index contributed by atoms with van der Waals surface area (Å²) in [6, 6.07) is 15.5. The minimum atomic E-state index is 0.582. The SMILES string of the molecule is CCc1cc2c(cc1OCc1ccccc1)CCC1C2CCC2(C)C(C(C)C)CCC12. The van der Waals surface area contributed by atoms with Crippen LogP contribution < -0.4 is 4.74 Å². The second-order valence-corrected chi connectivity index (χ2v) is 11.2. The Balaban J connectivity index is 1.40. The minimum Gasteiger partial charge on any atom is -0.489 e. The summed E-state index contributed by atoms with van der Waals surface area (Å²) in [6.45, 7) is 10.5. The Morgan fingerprint density at radius 2 is 1.84 bits per heavy atom. The highest BCUT2D eigenvalue weighted by Gasteiger charge is 2.55. The van der Waals surface area contributed by atoms with E-state index < -0.39 is 0 Å². The van der Waals surface area contributed by atoms with Gasteiger partial charge in [-0.15, -0.1) is 0 Å². The smallest absolute Gasteiger partial charge is 0.123 e. The van der Waals surface area contributed by atoms with E-state index in [1.54, 1.807) is 11.1 Å². The topological polar surface area (TPSA) is 9.23 Å². The molecular weight excluding hydrogens is 376 g/mol. The third-order valence-corrected chi connectivity index (χ3v) is 9.40. The van der Waals surface area contributed by atoms with Crippen LogP contribution in [0.4, 0.5) is 0 Å². The minimum absolute atomic E-state index is 0.582. The van der Waals surface area contributed by atoms with E-state index in [4.69, 9.17) is 4.74 Å². The number of hydrogen-bond acceptors (Lipinski definition) is 1. The van der Waals surface area contributed by atoms with Crippen molar-refractivity contribution in [3.63, 3.8) is 0 Å². The fourth-order valence-electron chi connectivity index (χ4n) is 7.93. The van der Waals surface area contributed by atoms with Gasteiger partial charge in [0.25, 0.3) is 0 Å². The van der Waals surface area contributed by atoms with Gasteiger partial charge in [-0.25, -0.2) is 0 Å². The summed E-state index contributed by atoms with van der Waals surface area (Å²) in [5.41, 5.74) is 6.47. The molecule has 2 fully saturated rings. The van der Waals surface area contributed by atoms with Crippen molar-refractivity contribution in [2.24, 2.45) is 29.1 Å². The lowest BCUT2D eigenvalue weighted by Crippen LogP contribution is -2.43. The van der Waals surface area contributed by atoms with Crippen molar-refractivity contribution in [1.29, 1.82) is 0 Å². The summed E-state index contributed by atoms with van der Waals surface area (Å²) in [4.78, 5) is 0. The van der Waals surface area contributed by atoms with Crippen molar-refractivity contribution in [1.82, 2.24) is 0 Å². The standard InChI is InChI=1S/C30H40O/c1-5-22-17-26-23(18-29(22)31-19-21-9-7-6-8-10-21)11-12-25-24(26)15-16-30(4)27(20(2)3)13-14-28(25)30/h6-10,17-18,20,24-25,27-28H,5,11-16,19H2,1-4H3. The Bertz CT molecular complexity index is 914. The maximum Gasteiger partial charge on any atom is 0.123 e. The van der Waals surface area contributed by atoms with Crippen LogP contribution in [0.3, 0.4) is 0 Å². The van der Waals surface area contributed by atoms with E-state index in [1.807, 2.05) is 0 Å². The Hall–Kier alpha value is -1.76. The average Bonchev–Trinajstić information content (AvgIpc) is 3.15. The molecule has 0 aromatic heterocycles. The highest BCUT2D eigenvalue weighted by atomic mass is 16.5. The fourth-order valence-corrected chi connectivity index (χ4v) is 7.93. The van der Waals surface area contributed by atoms with E-state index in [-0.39, 0.29) is 0 Å². The molecule has 0 bridgehead atoms. The lowest BCUT2D eigenvalue weighted by molar-refractivity contribution is 0.0141. The molecule has 0 aliphatic heterocycles. The van der Waals surface area contributed by atoms with Crippen molar-refractivity contribution >= 4 is 0 Å². The molecule has 31 heavy (non-hydrogen) atoms. The number of hydrogen-bond donors (Lipinski definition) is 0. The summed E-state index contributed by atoms with van der Waals surface area (Å²) >= 11 is 0. The van der Waals surface area contributed by atoms with Crippen LogP contribution in [0.25, 0.3) is 0 Å². The highest BCUT2D eigenvalue weighted by Crippen LogP contribution is 2.64. The molecule has 3 aliphatic carbocycles. The zero-order chi connectivity index (χ0) is 21.6. The van der Waals surface area contributed by atoms with Gasteiger partial charge in [0, 0.05) is 0 Å². The molecule has 2 saturated carbocycles. The van der Waals surface area contributed by atoms with Gasteiger partial charge in [0.05, 0.1) is 0 Å². The van der Waals surface area contributed by atoms with Crippen molar-refractivity contribution in [2.45, 2.75) is 85.2 Å². The second-order valence-electron chi connectivity index (χ2n) is 11.2. The van der Waals surface area contributed by atoms with Crippen LogP contribution in [0.2, 0.25) is 0 Å². The van der Waals surface area contributed by atoms with Gasteiger partial charge < -0.3 is 4.74 Å². The Labute approximate surface area is 189 Å². The largest absolute Gasteiger partial charge is 0.489 e. The monoisotopic (exact) mass is 416 g/mol. The maximum absolute atomic E-state index is 6.34. The number of ether oxygens (including phenoxy) is 1. The molecule has 2 aromatic carbocycles. The van der Waals surface area contributed by atoms with E-state index in [0.717, 1.165) is 41.8 Å². The number of rotatable bonds is 5. The molecule has 0 amide bonds. The first-order valence-corrected chi connectivity index (χ1v) is 12.8. The molecule has 0 radical (unpaired) electrons. The van der Waals surface area contributed by atoms with Crippen LogP contribution >= 0.6 is 0 Å². The number of aryl methyl sites for hydroxylation is 2. The van der Waals surface area contributed by atoms with E-state index in [1.165, 1.54) is 49.7 Å². The normalized spacial score (nSPS) is 31.8. The second kappa shape index (κ2) is 8.30. The first kappa shape index (κ1) is 21.1. The third-order valence-electron chi connectivity index (χ3n) is 9.40. The number of benzene rings is 2. The van der Waals surface area contributed by atoms with Gasteiger partial charge in [0.1, 0.15) is 12.4 Å². The predicted octanol–water partition coefficient (Wildman–Crippen LogP) is 7.96. The molecule has 5 unspecified atom stereocenters. The van der Waals surface area contributed by atoms with Crippen molar-refractivity contribution < 1.29 is 4.74 Å². The van der Waals surface area contributed by atoms with Gasteiger partial charge in [0.15, 0.2) is 0 Å². The lowest BCUT2D eigenvalue weighted by Gasteiger charge is -2.52. The maximum atomic E-state index is 6.34. The van der Waals surface area contributed by atoms with E-state index in [0.29, 0.717) is 12.0 Å². The average molecular weight is 417 g/mol. The van der Waals surface area contributed by atoms with Gasteiger partial charge in [-0.2, -0.15) is 0 Å². The third kappa shape index (κ3) is 3.62. The van der Waals surface area contributed by atoms with Crippen LogP contribution in [0.5, 0.6) is 5.75 Å². The summed E-state index contributed by atoms with van der Waals surface area (Å²) in [5.74, 6) is 5.49. The van der Waals surface area contributed by atoms with Gasteiger partial charge in [0.2, 0.25) is 0 Å². The molecule has 1 heteroatoms. The first-order chi connectivity index (χ1) is 15.0. The van der Waals surface area contributed by atoms with Gasteiger partial charge in [-0.05, 0) is 108 Å². The highest BCUT2D eigenvalue weighted by molar-refractivity contribution is 5.46. The molecule has 0 saturated heterocycles. The predicted molar refractivity (Wildman–Crippen MR) is 130 cm³/mol. The van der Waals surface area contributed by atoms with Gasteiger partial charge in [-0.1, -0.05) is 64.1 Å². The molecule has 3 aliphatic rings. The van der Waals surface area contributed by atoms with Crippen LogP contribution in [0.1, 0.15) is 88.0 Å². The molecule has 2 aromatic rings. The Morgan fingerprint density at radius 3 is 2.58 bits per heavy atom. The Morgan fingerprint density at radius 1 is 1.03 bits per heavy atom. The van der Waals surface area contributed by atoms with Crippen LogP contribution in [-0.2, 0) is 19.4 Å². The van der Waals surface area contributed by atoms with E-state index in [2.05, 4.69) is 70.2 Å². The zero-order valence-electron chi connectivity index (χ0n) is 20.0. The first-order valence-electron chi connectivity index (χ1n) is 12.8. The molecule has 1 nitrogen and oxygen atoms in total. The van der Waals surface area contributed by atoms with E-state index >= 15 is 0 Å². The van der Waals surface area contributed by atoms with Crippen molar-refractivity contribution in [3.05, 3.63) is 64.7 Å². The summed E-state index contributed by atoms with van der Waals surface area (Å²) in [6.07, 6.45) is 9.41. The quantitative estimate of drug-likeness (QED) is 0.480. The zero-order valence-corrected chi connectivity index (χ0v) is 20.0. The number of fused-ring (bicyclic) bond motifs is 5. The molecule has 0 N–H and O–H groups in total. The van der Waals surface area contributed by atoms with Crippen molar-refractivity contribution in [3.8, 4) is 5.75 Å². The van der Waals surface area contributed by atoms with Gasteiger partial charge in [-0.3, -0.25) is 0 Å². The van der Waals surface area contributed by atoms with Crippen LogP contribution in [-0.4, -0.2) is 0 Å². The van der Waals surface area contributed by atoms with Gasteiger partial charge >= 0.3 is 0 Å². The van der Waals surface area contributed by atoms with Crippen LogP contribution in [0.15, 0.2) is 42.5 Å².